The molecule has 0 fully saturated rings. The van der Waals surface area contributed by atoms with Crippen LogP contribution in [0.1, 0.15) is 17.2 Å². The average Bonchev–Trinajstić information content (AvgIpc) is 3.47. The lowest BCUT2D eigenvalue weighted by Gasteiger charge is -2.11. The highest BCUT2D eigenvalue weighted by atomic mass is 35.5. The molecule has 0 saturated carbocycles. The van der Waals surface area contributed by atoms with Crippen molar-refractivity contribution in [3.63, 3.8) is 0 Å². The lowest BCUT2D eigenvalue weighted by atomic mass is 10.2. The Hall–Kier alpha value is -3.83. The van der Waals surface area contributed by atoms with Gasteiger partial charge in [0.15, 0.2) is 28.1 Å². The number of nitrogens with one attached hydrogen (secondary N) is 1. The number of anilines is 1. The molecule has 0 aliphatic heterocycles. The van der Waals surface area contributed by atoms with Gasteiger partial charge in [0.1, 0.15) is 0 Å². The van der Waals surface area contributed by atoms with Crippen LogP contribution in [0.4, 0.5) is 5.69 Å². The van der Waals surface area contributed by atoms with Crippen LogP contribution < -0.4 is 14.8 Å². The maximum Gasteiger partial charge on any atom is 0.234 e. The van der Waals surface area contributed by atoms with Crippen molar-refractivity contribution in [3.8, 4) is 11.5 Å². The second-order valence-electron chi connectivity index (χ2n) is 8.63. The Bertz CT molecular complexity index is 1650. The third-order valence-electron chi connectivity index (χ3n) is 5.88. The molecule has 0 aliphatic rings. The van der Waals surface area contributed by atoms with Gasteiger partial charge in [0.2, 0.25) is 5.91 Å². The Balaban J connectivity index is 1.48. The molecule has 0 saturated heterocycles. The van der Waals surface area contributed by atoms with Gasteiger partial charge < -0.3 is 14.8 Å². The number of aryl methyl sites for hydroxylation is 4. The number of ether oxygens (including phenoxy) is 2. The van der Waals surface area contributed by atoms with Crippen LogP contribution >= 0.6 is 23.4 Å². The number of fused-ring (bicyclic) bond motifs is 3. The molecule has 0 radical (unpaired) electrons. The molecule has 2 aromatic carbocycles. The zero-order valence-corrected chi connectivity index (χ0v) is 22.9. The highest BCUT2D eigenvalue weighted by Gasteiger charge is 2.18. The molecule has 0 atom stereocenters. The fourth-order valence-corrected chi connectivity index (χ4v) is 5.09. The van der Waals surface area contributed by atoms with Crippen LogP contribution in [0.3, 0.4) is 0 Å². The number of carbonyl (C=O) groups excluding carboxylic acids is 1. The first kappa shape index (κ1) is 25.8. The van der Waals surface area contributed by atoms with Crippen molar-refractivity contribution in [1.29, 1.82) is 0 Å². The summed E-state index contributed by atoms with van der Waals surface area (Å²) in [6.45, 7) is 4.64. The number of methoxy groups -OCH3 is 2. The van der Waals surface area contributed by atoms with Crippen molar-refractivity contribution in [3.05, 3.63) is 64.7 Å². The summed E-state index contributed by atoms with van der Waals surface area (Å²) < 4.78 is 14.6. The molecule has 5 aromatic rings. The quantitative estimate of drug-likeness (QED) is 0.207. The number of hydrogen-bond acceptors (Lipinski definition) is 8. The lowest BCUT2D eigenvalue weighted by Crippen LogP contribution is -2.14. The Morgan fingerprint density at radius 3 is 2.55 bits per heavy atom. The fraction of sp³-hybridized carbons (Fsp3) is 0.269. The number of halogens is 1. The predicted molar refractivity (Wildman–Crippen MR) is 148 cm³/mol. The summed E-state index contributed by atoms with van der Waals surface area (Å²) in [5.74, 6) is 1.69. The number of thioether (sulfide) groups is 1. The molecule has 10 nitrogen and oxygen atoms in total. The van der Waals surface area contributed by atoms with Crippen LogP contribution in [0, 0.1) is 13.8 Å². The van der Waals surface area contributed by atoms with E-state index in [4.69, 9.17) is 36.1 Å². The summed E-state index contributed by atoms with van der Waals surface area (Å²) in [4.78, 5) is 22.3. The van der Waals surface area contributed by atoms with E-state index in [0.29, 0.717) is 57.3 Å². The standard InChI is InChI=1S/C26H26ClN7O3S/c1-15-10-16(2)33(31-15)9-8-23-30-25-19-12-21(36-3)22(37-4)13-20(19)29-26(34(25)32-23)38-14-24(35)28-18-7-5-6-17(27)11-18/h5-7,10-13H,8-9,14H2,1-4H3,(H,28,35). The first-order valence-electron chi connectivity index (χ1n) is 11.8. The molecule has 12 heteroatoms. The van der Waals surface area contributed by atoms with Gasteiger partial charge >= 0.3 is 0 Å². The molecule has 3 aromatic heterocycles. The number of carbonyl (C=O) groups is 1. The van der Waals surface area contributed by atoms with Gasteiger partial charge in [0.05, 0.1) is 31.2 Å². The van der Waals surface area contributed by atoms with Gasteiger partial charge in [-0.15, -0.1) is 5.10 Å². The van der Waals surface area contributed by atoms with Crippen molar-refractivity contribution in [2.45, 2.75) is 32.0 Å². The number of aromatic nitrogens is 6. The fourth-order valence-electron chi connectivity index (χ4n) is 4.15. The van der Waals surface area contributed by atoms with E-state index in [1.165, 1.54) is 11.8 Å². The van der Waals surface area contributed by atoms with Gasteiger partial charge in [-0.2, -0.15) is 9.61 Å². The number of nitrogens with zero attached hydrogens (tertiary/aromatic N) is 6. The van der Waals surface area contributed by atoms with Crippen LogP contribution in [-0.4, -0.2) is 55.2 Å². The van der Waals surface area contributed by atoms with Gasteiger partial charge in [0, 0.05) is 40.8 Å². The van der Waals surface area contributed by atoms with Gasteiger partial charge in [-0.3, -0.25) is 9.48 Å². The summed E-state index contributed by atoms with van der Waals surface area (Å²) in [7, 11) is 3.16. The Morgan fingerprint density at radius 2 is 1.84 bits per heavy atom. The summed E-state index contributed by atoms with van der Waals surface area (Å²) in [5.41, 5.74) is 3.96. The van der Waals surface area contributed by atoms with Gasteiger partial charge in [-0.05, 0) is 44.2 Å². The third-order valence-corrected chi connectivity index (χ3v) is 7.05. The van der Waals surface area contributed by atoms with E-state index < -0.39 is 0 Å². The maximum absolute atomic E-state index is 12.7. The van der Waals surface area contributed by atoms with Crippen LogP contribution in [0.25, 0.3) is 16.6 Å². The van der Waals surface area contributed by atoms with Crippen LogP contribution in [0.5, 0.6) is 11.5 Å². The zero-order chi connectivity index (χ0) is 26.8. The molecule has 1 N–H and O–H groups in total. The summed E-state index contributed by atoms with van der Waals surface area (Å²) in [5, 5.41) is 14.0. The molecule has 0 aliphatic carbocycles. The SMILES string of the molecule is COc1cc2nc(SCC(=O)Nc3cccc(Cl)c3)n3nc(CCn4nc(C)cc4C)nc3c2cc1OC. The molecule has 5 rings (SSSR count). The Morgan fingerprint density at radius 1 is 1.05 bits per heavy atom. The van der Waals surface area contributed by atoms with E-state index in [1.54, 1.807) is 49.1 Å². The molecule has 38 heavy (non-hydrogen) atoms. The van der Waals surface area contributed by atoms with Crippen molar-refractivity contribution in [2.75, 3.05) is 25.3 Å². The van der Waals surface area contributed by atoms with Crippen molar-refractivity contribution >= 4 is 51.5 Å². The van der Waals surface area contributed by atoms with Gasteiger partial charge in [0.25, 0.3) is 0 Å². The lowest BCUT2D eigenvalue weighted by molar-refractivity contribution is -0.113. The topological polar surface area (TPSA) is 108 Å². The monoisotopic (exact) mass is 551 g/mol. The minimum absolute atomic E-state index is 0.119. The Labute approximate surface area is 228 Å². The molecule has 3 heterocycles. The number of amides is 1. The van der Waals surface area contributed by atoms with Crippen LogP contribution in [0.2, 0.25) is 5.02 Å². The molecule has 0 spiro atoms. The van der Waals surface area contributed by atoms with E-state index in [9.17, 15) is 4.79 Å². The molecule has 0 bridgehead atoms. The van der Waals surface area contributed by atoms with E-state index >= 15 is 0 Å². The summed E-state index contributed by atoms with van der Waals surface area (Å²) in [6, 6.07) is 12.7. The molecule has 1 amide bonds. The van der Waals surface area contributed by atoms with Crippen LogP contribution in [-0.2, 0) is 17.8 Å². The minimum atomic E-state index is -0.190. The predicted octanol–water partition coefficient (Wildman–Crippen LogP) is 4.73. The van der Waals surface area contributed by atoms with Gasteiger partial charge in [-0.25, -0.2) is 9.97 Å². The minimum Gasteiger partial charge on any atom is -0.493 e. The van der Waals surface area contributed by atoms with Crippen molar-refractivity contribution < 1.29 is 14.3 Å². The van der Waals surface area contributed by atoms with E-state index in [0.717, 1.165) is 16.8 Å². The van der Waals surface area contributed by atoms with E-state index in [2.05, 4.69) is 10.4 Å². The largest absolute Gasteiger partial charge is 0.493 e. The Kier molecular flexibility index (Phi) is 7.39. The van der Waals surface area contributed by atoms with Crippen LogP contribution in [0.15, 0.2) is 47.6 Å². The first-order valence-corrected chi connectivity index (χ1v) is 13.2. The highest BCUT2D eigenvalue weighted by Crippen LogP contribution is 2.34. The summed E-state index contributed by atoms with van der Waals surface area (Å²) >= 11 is 7.30. The number of hydrogen-bond donors (Lipinski definition) is 1. The van der Waals surface area contributed by atoms with Gasteiger partial charge in [-0.1, -0.05) is 29.4 Å². The zero-order valence-electron chi connectivity index (χ0n) is 21.4. The summed E-state index contributed by atoms with van der Waals surface area (Å²) in [6.07, 6.45) is 0.581. The molecule has 196 valence electrons. The second kappa shape index (κ2) is 10.9. The van der Waals surface area contributed by atoms with Crippen molar-refractivity contribution in [2.24, 2.45) is 0 Å². The molecular formula is C26H26ClN7O3S. The average molecular weight is 552 g/mol. The smallest absolute Gasteiger partial charge is 0.234 e. The molecule has 0 unspecified atom stereocenters. The molecular weight excluding hydrogens is 526 g/mol. The van der Waals surface area contributed by atoms with Crippen molar-refractivity contribution in [1.82, 2.24) is 29.4 Å². The third kappa shape index (κ3) is 5.39. The first-order chi connectivity index (χ1) is 18.3. The normalized spacial score (nSPS) is 11.3. The highest BCUT2D eigenvalue weighted by molar-refractivity contribution is 7.99. The second-order valence-corrected chi connectivity index (χ2v) is 10.0. The number of benzene rings is 2. The van der Waals surface area contributed by atoms with E-state index in [-0.39, 0.29) is 11.7 Å². The maximum atomic E-state index is 12.7. The van der Waals surface area contributed by atoms with E-state index in [1.807, 2.05) is 30.7 Å². The number of rotatable bonds is 9.